The molecule has 64 heavy (non-hydrogen) atoms. The number of pyridine rings is 1. The van der Waals surface area contributed by atoms with Gasteiger partial charge in [-0.05, 0) is 91.4 Å². The van der Waals surface area contributed by atoms with E-state index in [-0.39, 0.29) is 28.8 Å². The number of primary amides is 1. The Kier molecular flexibility index (Phi) is 11.4. The predicted octanol–water partition coefficient (Wildman–Crippen LogP) is 6.24. The monoisotopic (exact) mass is 879 g/mol. The number of nitrogens with zero attached hydrogens (tertiary/aromatic N) is 7. The van der Waals surface area contributed by atoms with Gasteiger partial charge in [0.1, 0.15) is 17.1 Å². The Hall–Kier alpha value is -7.02. The number of nitrogens with two attached hydrogens (primary N) is 1. The van der Waals surface area contributed by atoms with E-state index < -0.39 is 35.2 Å². The highest BCUT2D eigenvalue weighted by Crippen LogP contribution is 2.37. The fourth-order valence-electron chi connectivity index (χ4n) is 8.94. The molecule has 4 aliphatic rings. The number of hydrogen-bond donors (Lipinski definition) is 4. The molecule has 5 aromatic rings. The highest BCUT2D eigenvalue weighted by molar-refractivity contribution is 6.07. The number of urea groups is 1. The summed E-state index contributed by atoms with van der Waals surface area (Å²) in [6, 6.07) is 20.2. The third kappa shape index (κ3) is 8.66. The van der Waals surface area contributed by atoms with Gasteiger partial charge in [-0.15, -0.1) is 0 Å². The maximum Gasteiger partial charge on any atom is 0.419 e. The maximum absolute atomic E-state index is 14.5. The minimum atomic E-state index is -4.96. The minimum Gasteiger partial charge on any atom is -0.372 e. The van der Waals surface area contributed by atoms with Crippen molar-refractivity contribution < 1.29 is 36.7 Å². The normalized spacial score (nSPS) is 17.3. The van der Waals surface area contributed by atoms with Crippen LogP contribution in [0.1, 0.15) is 51.1 Å². The van der Waals surface area contributed by atoms with Crippen molar-refractivity contribution in [3.8, 4) is 11.3 Å². The first-order chi connectivity index (χ1) is 30.8. The number of aromatic nitrogens is 3. The molecule has 5 N–H and O–H groups in total. The van der Waals surface area contributed by atoms with Crippen LogP contribution >= 0.6 is 0 Å². The van der Waals surface area contributed by atoms with E-state index in [1.54, 1.807) is 9.58 Å². The van der Waals surface area contributed by atoms with Crippen molar-refractivity contribution in [2.75, 3.05) is 77.7 Å². The van der Waals surface area contributed by atoms with Crippen molar-refractivity contribution in [1.29, 1.82) is 0 Å². The molecule has 0 unspecified atom stereocenters. The molecule has 6 heterocycles. The quantitative estimate of drug-likeness (QED) is 0.124. The molecule has 0 aliphatic carbocycles. The maximum atomic E-state index is 14.5. The van der Waals surface area contributed by atoms with Gasteiger partial charge in [-0.1, -0.05) is 12.1 Å². The minimum absolute atomic E-state index is 0.0125. The fourth-order valence-corrected chi connectivity index (χ4v) is 8.94. The second-order valence-corrected chi connectivity index (χ2v) is 16.4. The molecular formula is C45H45F4N11O4. The van der Waals surface area contributed by atoms with E-state index in [0.29, 0.717) is 49.3 Å². The van der Waals surface area contributed by atoms with E-state index >= 15 is 0 Å². The van der Waals surface area contributed by atoms with E-state index in [1.807, 2.05) is 18.2 Å². The molecule has 0 radical (unpaired) electrons. The number of alkyl halides is 3. The van der Waals surface area contributed by atoms with Crippen molar-refractivity contribution in [3.05, 3.63) is 107 Å². The second kappa shape index (κ2) is 17.3. The number of aryl methyl sites for hydroxylation is 2. The van der Waals surface area contributed by atoms with Crippen LogP contribution in [0.3, 0.4) is 0 Å². The lowest BCUT2D eigenvalue weighted by atomic mass is 9.95. The Bertz CT molecular complexity index is 2600. The molecule has 2 aromatic heterocycles. The molecular weight excluding hydrogens is 835 g/mol. The molecule has 3 saturated heterocycles. The largest absolute Gasteiger partial charge is 0.419 e. The lowest BCUT2D eigenvalue weighted by Gasteiger charge is -2.40. The summed E-state index contributed by atoms with van der Waals surface area (Å²) in [7, 11) is 0. The van der Waals surface area contributed by atoms with Gasteiger partial charge in [0.25, 0.3) is 11.8 Å². The smallest absolute Gasteiger partial charge is 0.372 e. The second-order valence-electron chi connectivity index (χ2n) is 16.4. The molecule has 0 saturated carbocycles. The summed E-state index contributed by atoms with van der Waals surface area (Å²) in [6.45, 7) is 7.57. The zero-order chi connectivity index (χ0) is 44.7. The predicted molar refractivity (Wildman–Crippen MR) is 232 cm³/mol. The van der Waals surface area contributed by atoms with Gasteiger partial charge in [0.05, 0.1) is 5.56 Å². The number of rotatable bonds is 9. The van der Waals surface area contributed by atoms with Crippen molar-refractivity contribution in [3.63, 3.8) is 0 Å². The Morgan fingerprint density at radius 1 is 0.797 bits per heavy atom. The van der Waals surface area contributed by atoms with Crippen molar-refractivity contribution >= 4 is 58.1 Å². The molecule has 19 heteroatoms. The average molecular weight is 880 g/mol. The van der Waals surface area contributed by atoms with Crippen molar-refractivity contribution in [2.45, 2.75) is 38.4 Å². The molecule has 3 aromatic carbocycles. The zero-order valence-electron chi connectivity index (χ0n) is 34.6. The first kappa shape index (κ1) is 42.3. The molecule has 4 aliphatic heterocycles. The number of nitrogens with one attached hydrogen (secondary N) is 3. The Labute approximate surface area is 365 Å². The van der Waals surface area contributed by atoms with E-state index in [2.05, 4.69) is 59.9 Å². The average Bonchev–Trinajstić information content (AvgIpc) is 3.55. The molecule has 3 fully saturated rings. The number of carbonyl (C=O) groups is 4. The lowest BCUT2D eigenvalue weighted by Crippen LogP contribution is -2.49. The van der Waals surface area contributed by atoms with Crippen LogP contribution < -0.4 is 36.4 Å². The van der Waals surface area contributed by atoms with Crippen LogP contribution in [0.4, 0.5) is 56.7 Å². The van der Waals surface area contributed by atoms with Crippen LogP contribution in [-0.4, -0.2) is 95.8 Å². The molecule has 0 bridgehead atoms. The number of hydrogen-bond acceptors (Lipinski definition) is 10. The molecule has 15 nitrogen and oxygen atoms in total. The van der Waals surface area contributed by atoms with Crippen LogP contribution in [0.25, 0.3) is 11.3 Å². The van der Waals surface area contributed by atoms with E-state index in [4.69, 9.17) is 10.8 Å². The number of amides is 5. The van der Waals surface area contributed by atoms with Gasteiger partial charge in [0.15, 0.2) is 11.6 Å². The third-order valence-corrected chi connectivity index (χ3v) is 12.4. The summed E-state index contributed by atoms with van der Waals surface area (Å²) in [6.07, 6.45) is -1.07. The van der Waals surface area contributed by atoms with Crippen LogP contribution in [0.5, 0.6) is 0 Å². The molecule has 0 atom stereocenters. The SMILES string of the molecule is NC(=O)c1c(-c2ccc(C(=O)Nc3nccc(C(F)(F)F)c3F)cc2)nn2c1Nc1ccc(N3CCN(CC4CCN(c5ccc(N6CCC(=O)NC6=O)cc5)CC4)CC3)cc1CC2. The first-order valence-electron chi connectivity index (χ1n) is 21.2. The van der Waals surface area contributed by atoms with Gasteiger partial charge >= 0.3 is 12.2 Å². The van der Waals surface area contributed by atoms with Gasteiger partial charge in [0.2, 0.25) is 5.91 Å². The number of halogens is 4. The Morgan fingerprint density at radius 2 is 1.48 bits per heavy atom. The van der Waals surface area contributed by atoms with Crippen molar-refractivity contribution in [2.24, 2.45) is 11.7 Å². The zero-order valence-corrected chi connectivity index (χ0v) is 34.6. The van der Waals surface area contributed by atoms with Crippen LogP contribution in [-0.2, 0) is 23.9 Å². The number of benzene rings is 3. The fraction of sp³-hybridized carbons (Fsp3) is 0.333. The number of piperazine rings is 1. The lowest BCUT2D eigenvalue weighted by molar-refractivity contribution is -0.140. The standard InChI is InChI=1S/C45H45F4N11O4/c46-38-34(45(47,48)49)11-16-51-41(38)54-43(63)29-3-1-28(2-4-29)39-37(40(50)62)42-52-35-10-9-33(25-30(35)14-20-60(42)55-39)58-23-21-56(22-24-58)26-27-12-17-57(18-13-27)31-5-7-32(8-6-31)59-19-15-36(61)53-44(59)64/h1-11,16,25,27,52H,12-15,17-24,26H2,(H2,50,62)(H,51,54,63)(H,53,61,64). The Balaban J connectivity index is 0.786. The molecule has 5 amide bonds. The van der Waals surface area contributed by atoms with Gasteiger partial charge < -0.3 is 26.2 Å². The number of piperidine rings is 1. The highest BCUT2D eigenvalue weighted by atomic mass is 19.4. The van der Waals surface area contributed by atoms with Gasteiger partial charge in [-0.3, -0.25) is 29.5 Å². The highest BCUT2D eigenvalue weighted by Gasteiger charge is 2.36. The number of carbonyl (C=O) groups excluding carboxylic acids is 4. The van der Waals surface area contributed by atoms with Gasteiger partial charge in [-0.2, -0.15) is 18.3 Å². The van der Waals surface area contributed by atoms with Gasteiger partial charge in [-0.25, -0.2) is 18.9 Å². The Morgan fingerprint density at radius 3 is 2.17 bits per heavy atom. The number of anilines is 6. The molecule has 0 spiro atoms. The van der Waals surface area contributed by atoms with Crippen LogP contribution in [0.2, 0.25) is 0 Å². The van der Waals surface area contributed by atoms with Crippen LogP contribution in [0.15, 0.2) is 79.0 Å². The molecule has 9 rings (SSSR count). The molecule has 332 valence electrons. The number of imide groups is 1. The van der Waals surface area contributed by atoms with E-state index in [1.165, 1.54) is 24.3 Å². The summed E-state index contributed by atoms with van der Waals surface area (Å²) in [4.78, 5) is 62.1. The van der Waals surface area contributed by atoms with E-state index in [9.17, 15) is 36.7 Å². The summed E-state index contributed by atoms with van der Waals surface area (Å²) < 4.78 is 55.7. The summed E-state index contributed by atoms with van der Waals surface area (Å²) in [5.41, 5.74) is 10.2. The summed E-state index contributed by atoms with van der Waals surface area (Å²) in [5, 5.41) is 12.6. The topological polar surface area (TPSA) is 174 Å². The van der Waals surface area contributed by atoms with E-state index in [0.717, 1.165) is 93.2 Å². The third-order valence-electron chi connectivity index (χ3n) is 12.4. The summed E-state index contributed by atoms with van der Waals surface area (Å²) >= 11 is 0. The van der Waals surface area contributed by atoms with Crippen LogP contribution in [0, 0.1) is 11.7 Å². The number of fused-ring (bicyclic) bond motifs is 2. The van der Waals surface area contributed by atoms with Crippen molar-refractivity contribution in [1.82, 2.24) is 25.0 Å². The first-order valence-corrected chi connectivity index (χ1v) is 21.2. The summed E-state index contributed by atoms with van der Waals surface area (Å²) in [5.74, 6) is -3.33. The van der Waals surface area contributed by atoms with Gasteiger partial charge in [0, 0.05) is 105 Å².